The minimum Gasteiger partial charge on any atom is -0.468 e. The molecule has 30 heavy (non-hydrogen) atoms. The molecule has 1 aromatic carbocycles. The quantitative estimate of drug-likeness (QED) is 0.695. The molecule has 158 valence electrons. The van der Waals surface area contributed by atoms with Crippen LogP contribution in [0.25, 0.3) is 0 Å². The van der Waals surface area contributed by atoms with Crippen LogP contribution < -0.4 is 5.32 Å². The lowest BCUT2D eigenvalue weighted by molar-refractivity contribution is -0.141. The molecule has 1 aromatic heterocycles. The minimum absolute atomic E-state index is 0.0143. The number of nitrogens with one attached hydrogen (secondary N) is 1. The second kappa shape index (κ2) is 9.34. The van der Waals surface area contributed by atoms with Crippen molar-refractivity contribution in [1.82, 2.24) is 20.1 Å². The van der Waals surface area contributed by atoms with Gasteiger partial charge in [0.2, 0.25) is 5.91 Å². The molecule has 1 aliphatic rings. The molecule has 2 heterocycles. The third kappa shape index (κ3) is 4.91. The lowest BCUT2D eigenvalue weighted by Gasteiger charge is -2.23. The van der Waals surface area contributed by atoms with Crippen LogP contribution in [0.2, 0.25) is 0 Å². The Labute approximate surface area is 174 Å². The predicted octanol–water partition coefficient (Wildman–Crippen LogP) is 1.47. The van der Waals surface area contributed by atoms with Gasteiger partial charge in [0.25, 0.3) is 5.91 Å². The fourth-order valence-corrected chi connectivity index (χ4v) is 3.25. The zero-order chi connectivity index (χ0) is 21.7. The number of hydrogen-bond acceptors (Lipinski definition) is 6. The van der Waals surface area contributed by atoms with Crippen molar-refractivity contribution in [3.63, 3.8) is 0 Å². The highest BCUT2D eigenvalue weighted by Gasteiger charge is 2.25. The Morgan fingerprint density at radius 1 is 1.17 bits per heavy atom. The topological polar surface area (TPSA) is 106 Å². The number of amides is 2. The number of aryl methyl sites for hydroxylation is 1. The fourth-order valence-electron chi connectivity index (χ4n) is 3.25. The summed E-state index contributed by atoms with van der Waals surface area (Å²) < 4.78 is 6.24. The van der Waals surface area contributed by atoms with E-state index in [2.05, 4.69) is 20.3 Å². The number of methoxy groups -OCH3 is 1. The summed E-state index contributed by atoms with van der Waals surface area (Å²) in [5.74, 6) is -0.817. The molecule has 9 heteroatoms. The molecule has 2 aromatic rings. The van der Waals surface area contributed by atoms with Gasteiger partial charge in [-0.25, -0.2) is 5.01 Å². The first-order valence-corrected chi connectivity index (χ1v) is 9.68. The summed E-state index contributed by atoms with van der Waals surface area (Å²) >= 11 is 0. The zero-order valence-electron chi connectivity index (χ0n) is 17.3. The lowest BCUT2D eigenvalue weighted by atomic mass is 10.1. The minimum atomic E-state index is -0.393. The maximum atomic E-state index is 12.6. The smallest absolute Gasteiger partial charge is 0.327 e. The van der Waals surface area contributed by atoms with Gasteiger partial charge in [0.1, 0.15) is 12.3 Å². The number of ether oxygens (including phenoxy) is 1. The summed E-state index contributed by atoms with van der Waals surface area (Å²) in [4.78, 5) is 36.4. The maximum Gasteiger partial charge on any atom is 0.327 e. The molecule has 3 rings (SSSR count). The number of carbonyl (C=O) groups excluding carboxylic acids is 3. The van der Waals surface area contributed by atoms with Crippen molar-refractivity contribution in [3.05, 3.63) is 52.8 Å². The molecule has 9 nitrogen and oxygen atoms in total. The van der Waals surface area contributed by atoms with Crippen molar-refractivity contribution in [1.29, 1.82) is 0 Å². The SMILES string of the molecule is COC(=O)Cn1nc(C)c(CNC(=O)C2=NN(Cc3ccccc3)C(=O)CC2)c1C. The summed E-state index contributed by atoms with van der Waals surface area (Å²) in [7, 11) is 1.33. The van der Waals surface area contributed by atoms with Crippen LogP contribution >= 0.6 is 0 Å². The van der Waals surface area contributed by atoms with E-state index in [1.54, 1.807) is 4.68 Å². The van der Waals surface area contributed by atoms with Gasteiger partial charge in [-0.05, 0) is 19.4 Å². The Hall–Kier alpha value is -3.49. The van der Waals surface area contributed by atoms with Crippen molar-refractivity contribution in [2.45, 2.75) is 46.3 Å². The van der Waals surface area contributed by atoms with E-state index in [0.717, 1.165) is 22.5 Å². The van der Waals surface area contributed by atoms with Crippen LogP contribution in [-0.4, -0.2) is 45.4 Å². The number of nitrogens with zero attached hydrogens (tertiary/aromatic N) is 4. The van der Waals surface area contributed by atoms with Crippen LogP contribution in [-0.2, 0) is 38.8 Å². The summed E-state index contributed by atoms with van der Waals surface area (Å²) in [6, 6.07) is 9.52. The van der Waals surface area contributed by atoms with Gasteiger partial charge in [-0.3, -0.25) is 19.1 Å². The van der Waals surface area contributed by atoms with Crippen LogP contribution in [0.1, 0.15) is 35.4 Å². The number of aromatic nitrogens is 2. The fraction of sp³-hybridized carbons (Fsp3) is 0.381. The van der Waals surface area contributed by atoms with E-state index in [1.165, 1.54) is 12.1 Å². The standard InChI is InChI=1S/C21H25N5O4/c1-14-17(15(2)25(23-14)13-20(28)30-3)11-22-21(29)18-9-10-19(27)26(24-18)12-16-7-5-4-6-8-16/h4-8H,9-13H2,1-3H3,(H,22,29). The summed E-state index contributed by atoms with van der Waals surface area (Å²) in [5, 5.41) is 12.8. The van der Waals surface area contributed by atoms with Crippen LogP contribution in [0.5, 0.6) is 0 Å². The molecular formula is C21H25N5O4. The van der Waals surface area contributed by atoms with E-state index < -0.39 is 5.97 Å². The van der Waals surface area contributed by atoms with Gasteiger partial charge in [-0.15, -0.1) is 0 Å². The van der Waals surface area contributed by atoms with Crippen molar-refractivity contribution < 1.29 is 19.1 Å². The molecule has 1 aliphatic heterocycles. The molecule has 0 atom stereocenters. The normalized spacial score (nSPS) is 13.8. The number of rotatable bonds is 7. The molecule has 0 fully saturated rings. The maximum absolute atomic E-state index is 12.6. The number of hydrogen-bond donors (Lipinski definition) is 1. The highest BCUT2D eigenvalue weighted by Crippen LogP contribution is 2.15. The number of esters is 1. The van der Waals surface area contributed by atoms with E-state index in [4.69, 9.17) is 0 Å². The van der Waals surface area contributed by atoms with Crippen molar-refractivity contribution >= 4 is 23.5 Å². The monoisotopic (exact) mass is 411 g/mol. The van der Waals surface area contributed by atoms with Gasteiger partial charge in [0.15, 0.2) is 0 Å². The van der Waals surface area contributed by atoms with Gasteiger partial charge in [0, 0.05) is 30.6 Å². The summed E-state index contributed by atoms with van der Waals surface area (Å²) in [6.07, 6.45) is 0.545. The molecule has 0 radical (unpaired) electrons. The Morgan fingerprint density at radius 2 is 1.90 bits per heavy atom. The lowest BCUT2D eigenvalue weighted by Crippen LogP contribution is -2.38. The third-order valence-corrected chi connectivity index (χ3v) is 5.01. The van der Waals surface area contributed by atoms with E-state index in [0.29, 0.717) is 18.7 Å². The first-order chi connectivity index (χ1) is 14.4. The van der Waals surface area contributed by atoms with Gasteiger partial charge < -0.3 is 10.1 Å². The summed E-state index contributed by atoms with van der Waals surface area (Å²) in [6.45, 7) is 4.25. The van der Waals surface area contributed by atoms with E-state index in [1.807, 2.05) is 44.2 Å². The average Bonchev–Trinajstić information content (AvgIpc) is 3.01. The highest BCUT2D eigenvalue weighted by atomic mass is 16.5. The van der Waals surface area contributed by atoms with E-state index in [-0.39, 0.29) is 31.3 Å². The molecule has 0 aliphatic carbocycles. The Kier molecular flexibility index (Phi) is 6.61. The van der Waals surface area contributed by atoms with Crippen molar-refractivity contribution in [3.8, 4) is 0 Å². The van der Waals surface area contributed by atoms with Gasteiger partial charge in [0.05, 0.1) is 19.3 Å². The number of carbonyl (C=O) groups is 3. The summed E-state index contributed by atoms with van der Waals surface area (Å²) in [5.41, 5.74) is 3.61. The van der Waals surface area contributed by atoms with Crippen LogP contribution in [0.4, 0.5) is 0 Å². The van der Waals surface area contributed by atoms with Gasteiger partial charge in [-0.1, -0.05) is 30.3 Å². The van der Waals surface area contributed by atoms with Gasteiger partial charge >= 0.3 is 5.97 Å². The number of hydrazone groups is 1. The molecule has 1 N–H and O–H groups in total. The van der Waals surface area contributed by atoms with Crippen molar-refractivity contribution in [2.75, 3.05) is 7.11 Å². The Balaban J connectivity index is 1.66. The van der Waals surface area contributed by atoms with Crippen LogP contribution in [0, 0.1) is 13.8 Å². The molecule has 0 saturated carbocycles. The van der Waals surface area contributed by atoms with Crippen LogP contribution in [0.15, 0.2) is 35.4 Å². The second-order valence-electron chi connectivity index (χ2n) is 7.05. The second-order valence-corrected chi connectivity index (χ2v) is 7.05. The Morgan fingerprint density at radius 3 is 2.60 bits per heavy atom. The molecule has 2 amide bonds. The molecule has 0 spiro atoms. The van der Waals surface area contributed by atoms with Gasteiger partial charge in [-0.2, -0.15) is 10.2 Å². The molecule has 0 unspecified atom stereocenters. The Bertz CT molecular complexity index is 981. The molecule has 0 bridgehead atoms. The molecular weight excluding hydrogens is 386 g/mol. The van der Waals surface area contributed by atoms with E-state index in [9.17, 15) is 14.4 Å². The van der Waals surface area contributed by atoms with Crippen LogP contribution in [0.3, 0.4) is 0 Å². The van der Waals surface area contributed by atoms with E-state index >= 15 is 0 Å². The predicted molar refractivity (Wildman–Crippen MR) is 109 cm³/mol. The first kappa shape index (κ1) is 21.2. The molecule has 0 saturated heterocycles. The largest absolute Gasteiger partial charge is 0.468 e. The zero-order valence-corrected chi connectivity index (χ0v) is 17.3. The average molecular weight is 411 g/mol. The first-order valence-electron chi connectivity index (χ1n) is 9.68. The number of benzene rings is 1. The third-order valence-electron chi connectivity index (χ3n) is 5.01. The van der Waals surface area contributed by atoms with Crippen molar-refractivity contribution in [2.24, 2.45) is 5.10 Å². The highest BCUT2D eigenvalue weighted by molar-refractivity contribution is 6.39.